The molecule has 2 aromatic carbocycles. The highest BCUT2D eigenvalue weighted by molar-refractivity contribution is 6.01. The molecule has 0 saturated heterocycles. The number of carbonyl (C=O) groups excluding carboxylic acids is 1. The van der Waals surface area contributed by atoms with Gasteiger partial charge in [0.2, 0.25) is 0 Å². The number of aryl methyl sites for hydroxylation is 1. The monoisotopic (exact) mass is 285 g/mol. The van der Waals surface area contributed by atoms with E-state index in [1.165, 1.54) is 6.07 Å². The molecule has 2 rings (SSSR count). The lowest BCUT2D eigenvalue weighted by Gasteiger charge is -2.06. The Hall–Kier alpha value is -2.69. The number of hydrogen-bond acceptors (Lipinski definition) is 4. The Kier molecular flexibility index (Phi) is 4.33. The van der Waals surface area contributed by atoms with Crippen LogP contribution in [0.2, 0.25) is 0 Å². The fourth-order valence-electron chi connectivity index (χ4n) is 2.10. The van der Waals surface area contributed by atoms with E-state index in [9.17, 15) is 14.9 Å². The molecule has 2 aromatic rings. The van der Waals surface area contributed by atoms with Gasteiger partial charge in [0.1, 0.15) is 5.75 Å². The smallest absolute Gasteiger partial charge is 0.280 e. The summed E-state index contributed by atoms with van der Waals surface area (Å²) in [5.74, 6) is 0.373. The van der Waals surface area contributed by atoms with Crippen molar-refractivity contribution in [3.05, 3.63) is 69.3 Å². The highest BCUT2D eigenvalue weighted by Gasteiger charge is 2.20. The van der Waals surface area contributed by atoms with Gasteiger partial charge in [0.25, 0.3) is 5.69 Å². The number of benzene rings is 2. The molecule has 5 nitrogen and oxygen atoms in total. The first-order chi connectivity index (χ1) is 10.0. The predicted molar refractivity (Wildman–Crippen MR) is 78.9 cm³/mol. The zero-order valence-electron chi connectivity index (χ0n) is 11.8. The van der Waals surface area contributed by atoms with Crippen molar-refractivity contribution in [2.45, 2.75) is 13.3 Å². The maximum Gasteiger partial charge on any atom is 0.280 e. The van der Waals surface area contributed by atoms with Gasteiger partial charge in [0.15, 0.2) is 5.78 Å². The van der Waals surface area contributed by atoms with Crippen LogP contribution in [0.15, 0.2) is 42.5 Å². The molecule has 21 heavy (non-hydrogen) atoms. The first-order valence-corrected chi connectivity index (χ1v) is 6.42. The minimum Gasteiger partial charge on any atom is -0.497 e. The van der Waals surface area contributed by atoms with Crippen LogP contribution in [0, 0.1) is 17.0 Å². The van der Waals surface area contributed by atoms with Gasteiger partial charge in [0, 0.05) is 12.5 Å². The van der Waals surface area contributed by atoms with Crippen LogP contribution >= 0.6 is 0 Å². The number of rotatable bonds is 5. The topological polar surface area (TPSA) is 69.4 Å². The summed E-state index contributed by atoms with van der Waals surface area (Å²) in [7, 11) is 1.55. The second-order valence-corrected chi connectivity index (χ2v) is 4.73. The molecular weight excluding hydrogens is 270 g/mol. The number of carbonyl (C=O) groups is 1. The number of nitro groups is 1. The van der Waals surface area contributed by atoms with Gasteiger partial charge in [-0.05, 0) is 36.2 Å². The summed E-state index contributed by atoms with van der Waals surface area (Å²) in [6.45, 7) is 1.80. The van der Waals surface area contributed by atoms with Crippen LogP contribution in [0.5, 0.6) is 5.75 Å². The number of methoxy groups -OCH3 is 1. The lowest BCUT2D eigenvalue weighted by molar-refractivity contribution is -0.385. The summed E-state index contributed by atoms with van der Waals surface area (Å²) in [5, 5.41) is 11.0. The second-order valence-electron chi connectivity index (χ2n) is 4.73. The van der Waals surface area contributed by atoms with Crippen LogP contribution in [-0.2, 0) is 6.42 Å². The molecule has 0 saturated carbocycles. The van der Waals surface area contributed by atoms with Crippen molar-refractivity contribution < 1.29 is 14.5 Å². The maximum absolute atomic E-state index is 12.3. The summed E-state index contributed by atoms with van der Waals surface area (Å²) < 4.78 is 5.10. The van der Waals surface area contributed by atoms with Gasteiger partial charge in [-0.3, -0.25) is 14.9 Å². The molecule has 0 spiro atoms. The summed E-state index contributed by atoms with van der Waals surface area (Å²) in [4.78, 5) is 22.8. The molecule has 0 aliphatic heterocycles. The third kappa shape index (κ3) is 3.45. The normalized spacial score (nSPS) is 10.2. The number of nitrogens with zero attached hydrogens (tertiary/aromatic N) is 1. The van der Waals surface area contributed by atoms with Crippen LogP contribution < -0.4 is 4.74 Å². The van der Waals surface area contributed by atoms with E-state index in [1.54, 1.807) is 50.4 Å². The van der Waals surface area contributed by atoms with Crippen molar-refractivity contribution >= 4 is 11.5 Å². The molecule has 5 heteroatoms. The number of Topliss-reactive ketones (excluding diaryl/α,β-unsaturated/α-hetero) is 1. The summed E-state index contributed by atoms with van der Waals surface area (Å²) in [6.07, 6.45) is 0.0987. The van der Waals surface area contributed by atoms with Crippen molar-refractivity contribution in [2.24, 2.45) is 0 Å². The van der Waals surface area contributed by atoms with Gasteiger partial charge < -0.3 is 4.74 Å². The standard InChI is InChI=1S/C16H15NO4/c1-11-6-7-15(17(19)20)14(8-11)16(18)10-12-4-3-5-13(9-12)21-2/h3-9H,10H2,1-2H3. The second kappa shape index (κ2) is 6.17. The minimum atomic E-state index is -0.530. The van der Waals surface area contributed by atoms with Crippen LogP contribution in [0.1, 0.15) is 21.5 Å². The Labute approximate surface area is 122 Å². The van der Waals surface area contributed by atoms with E-state index in [-0.39, 0.29) is 23.5 Å². The molecule has 0 aliphatic carbocycles. The molecule has 0 heterocycles. The predicted octanol–water partition coefficient (Wildman–Crippen LogP) is 3.34. The number of nitro benzene ring substituents is 1. The fourth-order valence-corrected chi connectivity index (χ4v) is 2.10. The minimum absolute atomic E-state index is 0.0987. The number of ether oxygens (including phenoxy) is 1. The van der Waals surface area contributed by atoms with E-state index in [1.807, 2.05) is 0 Å². The summed E-state index contributed by atoms with van der Waals surface area (Å²) in [6, 6.07) is 11.7. The van der Waals surface area contributed by atoms with E-state index in [4.69, 9.17) is 4.74 Å². The maximum atomic E-state index is 12.3. The highest BCUT2D eigenvalue weighted by atomic mass is 16.6. The molecule has 0 N–H and O–H groups in total. The van der Waals surface area contributed by atoms with Crippen LogP contribution in [0.3, 0.4) is 0 Å². The van der Waals surface area contributed by atoms with Crippen molar-refractivity contribution in [3.63, 3.8) is 0 Å². The molecule has 0 aromatic heterocycles. The first-order valence-electron chi connectivity index (χ1n) is 6.42. The van der Waals surface area contributed by atoms with Crippen LogP contribution in [-0.4, -0.2) is 17.8 Å². The summed E-state index contributed by atoms with van der Waals surface area (Å²) in [5.41, 5.74) is 1.56. The van der Waals surface area contributed by atoms with Gasteiger partial charge in [0.05, 0.1) is 17.6 Å². The molecule has 0 fully saturated rings. The van der Waals surface area contributed by atoms with E-state index >= 15 is 0 Å². The number of ketones is 1. The zero-order valence-corrected chi connectivity index (χ0v) is 11.8. The average molecular weight is 285 g/mol. The summed E-state index contributed by atoms with van der Waals surface area (Å²) >= 11 is 0. The highest BCUT2D eigenvalue weighted by Crippen LogP contribution is 2.22. The number of hydrogen-bond donors (Lipinski definition) is 0. The van der Waals surface area contributed by atoms with Gasteiger partial charge in [-0.2, -0.15) is 0 Å². The van der Waals surface area contributed by atoms with Crippen LogP contribution in [0.4, 0.5) is 5.69 Å². The Morgan fingerprint density at radius 2 is 2.00 bits per heavy atom. The molecule has 0 bridgehead atoms. The van der Waals surface area contributed by atoms with E-state index < -0.39 is 4.92 Å². The average Bonchev–Trinajstić information content (AvgIpc) is 2.47. The lowest BCUT2D eigenvalue weighted by Crippen LogP contribution is -2.07. The third-order valence-corrected chi connectivity index (χ3v) is 3.15. The third-order valence-electron chi connectivity index (χ3n) is 3.15. The molecule has 0 amide bonds. The van der Waals surface area contributed by atoms with E-state index in [0.717, 1.165) is 11.1 Å². The first kappa shape index (κ1) is 14.7. The quantitative estimate of drug-likeness (QED) is 0.480. The van der Waals surface area contributed by atoms with E-state index in [2.05, 4.69) is 0 Å². The van der Waals surface area contributed by atoms with Gasteiger partial charge in [-0.25, -0.2) is 0 Å². The van der Waals surface area contributed by atoms with Gasteiger partial charge >= 0.3 is 0 Å². The molecule has 108 valence electrons. The fraction of sp³-hybridized carbons (Fsp3) is 0.188. The van der Waals surface area contributed by atoms with Crippen molar-refractivity contribution in [1.29, 1.82) is 0 Å². The van der Waals surface area contributed by atoms with Gasteiger partial charge in [-0.1, -0.05) is 18.2 Å². The Morgan fingerprint density at radius 3 is 2.67 bits per heavy atom. The molecule has 0 radical (unpaired) electrons. The Balaban J connectivity index is 2.31. The molecular formula is C16H15NO4. The SMILES string of the molecule is COc1cccc(CC(=O)c2cc(C)ccc2[N+](=O)[O-])c1. The molecule has 0 unspecified atom stereocenters. The largest absolute Gasteiger partial charge is 0.497 e. The van der Waals surface area contributed by atoms with Crippen molar-refractivity contribution in [2.75, 3.05) is 7.11 Å². The molecule has 0 atom stereocenters. The lowest BCUT2D eigenvalue weighted by atomic mass is 10.00. The van der Waals surface area contributed by atoms with Crippen LogP contribution in [0.25, 0.3) is 0 Å². The van der Waals surface area contributed by atoms with Crippen molar-refractivity contribution in [1.82, 2.24) is 0 Å². The molecule has 0 aliphatic rings. The van der Waals surface area contributed by atoms with Crippen molar-refractivity contribution in [3.8, 4) is 5.75 Å². The zero-order chi connectivity index (χ0) is 15.4. The Bertz CT molecular complexity index is 694. The van der Waals surface area contributed by atoms with Gasteiger partial charge in [-0.15, -0.1) is 0 Å². The van der Waals surface area contributed by atoms with E-state index in [0.29, 0.717) is 5.75 Å². The Morgan fingerprint density at radius 1 is 1.24 bits per heavy atom.